The Morgan fingerprint density at radius 3 is 2.44 bits per heavy atom. The van der Waals surface area contributed by atoms with E-state index in [0.29, 0.717) is 21.8 Å². The highest BCUT2D eigenvalue weighted by atomic mass is 35.5. The molecule has 0 saturated carbocycles. The summed E-state index contributed by atoms with van der Waals surface area (Å²) in [6.45, 7) is 1.90. The van der Waals surface area contributed by atoms with Crippen LogP contribution in [0.5, 0.6) is 5.75 Å². The number of hydrogen-bond donors (Lipinski definition) is 2. The number of anilines is 4. The molecule has 0 fully saturated rings. The lowest BCUT2D eigenvalue weighted by Crippen LogP contribution is -2.02. The van der Waals surface area contributed by atoms with E-state index < -0.39 is 0 Å². The molecule has 0 spiro atoms. The molecule has 25 heavy (non-hydrogen) atoms. The van der Waals surface area contributed by atoms with E-state index in [0.717, 1.165) is 22.8 Å². The van der Waals surface area contributed by atoms with Crippen molar-refractivity contribution in [3.63, 3.8) is 0 Å². The molecule has 0 aliphatic carbocycles. The van der Waals surface area contributed by atoms with Crippen LogP contribution < -0.4 is 15.4 Å². The molecule has 0 aliphatic heterocycles. The third-order valence-corrected chi connectivity index (χ3v) is 4.11. The maximum absolute atomic E-state index is 6.04. The fraction of sp³-hybridized carbons (Fsp3) is 0.111. The molecule has 1 heterocycles. The Morgan fingerprint density at radius 2 is 1.68 bits per heavy atom. The molecule has 2 N–H and O–H groups in total. The molecule has 0 bridgehead atoms. The molecule has 3 aromatic rings. The first-order valence-electron chi connectivity index (χ1n) is 7.52. The highest BCUT2D eigenvalue weighted by Crippen LogP contribution is 2.27. The number of aryl methyl sites for hydroxylation is 1. The molecule has 0 aliphatic rings. The van der Waals surface area contributed by atoms with Crippen molar-refractivity contribution in [3.05, 3.63) is 64.3 Å². The standard InChI is InChI=1S/C18H16Cl2N4O/c1-11-8-17(22-12-4-3-5-14(9-12)25-2)24-18(21-11)23-13-6-7-15(19)16(20)10-13/h3-10H,1-2H3,(H2,21,22,23,24). The van der Waals surface area contributed by atoms with Gasteiger partial charge in [-0.2, -0.15) is 4.98 Å². The maximum atomic E-state index is 6.04. The summed E-state index contributed by atoms with van der Waals surface area (Å²) < 4.78 is 5.23. The Morgan fingerprint density at radius 1 is 0.880 bits per heavy atom. The maximum Gasteiger partial charge on any atom is 0.229 e. The van der Waals surface area contributed by atoms with Gasteiger partial charge in [-0.1, -0.05) is 29.3 Å². The summed E-state index contributed by atoms with van der Waals surface area (Å²) in [6.07, 6.45) is 0. The Balaban J connectivity index is 1.83. The van der Waals surface area contributed by atoms with Gasteiger partial charge in [0.15, 0.2) is 0 Å². The molecule has 128 valence electrons. The quantitative estimate of drug-likeness (QED) is 0.609. The first kappa shape index (κ1) is 17.3. The molecular weight excluding hydrogens is 359 g/mol. The third-order valence-electron chi connectivity index (χ3n) is 3.37. The van der Waals surface area contributed by atoms with Crippen LogP contribution in [0.15, 0.2) is 48.5 Å². The van der Waals surface area contributed by atoms with Crippen LogP contribution >= 0.6 is 23.2 Å². The van der Waals surface area contributed by atoms with Crippen LogP contribution in [-0.2, 0) is 0 Å². The van der Waals surface area contributed by atoms with Crippen LogP contribution in [0.25, 0.3) is 0 Å². The van der Waals surface area contributed by atoms with Crippen molar-refractivity contribution in [2.45, 2.75) is 6.92 Å². The van der Waals surface area contributed by atoms with Gasteiger partial charge in [0.1, 0.15) is 11.6 Å². The summed E-state index contributed by atoms with van der Waals surface area (Å²) in [5.74, 6) is 1.90. The van der Waals surface area contributed by atoms with Crippen molar-refractivity contribution in [2.24, 2.45) is 0 Å². The number of benzene rings is 2. The number of hydrogen-bond acceptors (Lipinski definition) is 5. The first-order chi connectivity index (χ1) is 12.0. The van der Waals surface area contributed by atoms with Crippen molar-refractivity contribution in [2.75, 3.05) is 17.7 Å². The molecule has 0 atom stereocenters. The summed E-state index contributed by atoms with van der Waals surface area (Å²) in [5.41, 5.74) is 2.45. The Bertz CT molecular complexity index is 902. The van der Waals surface area contributed by atoms with Crippen molar-refractivity contribution in [1.82, 2.24) is 9.97 Å². The number of methoxy groups -OCH3 is 1. The molecule has 0 amide bonds. The predicted octanol–water partition coefficient (Wildman–Crippen LogP) is 5.59. The predicted molar refractivity (Wildman–Crippen MR) is 103 cm³/mol. The molecule has 0 radical (unpaired) electrons. The minimum absolute atomic E-state index is 0.462. The second-order valence-corrected chi connectivity index (χ2v) is 6.14. The lowest BCUT2D eigenvalue weighted by Gasteiger charge is -2.11. The molecular formula is C18H16Cl2N4O. The lowest BCUT2D eigenvalue weighted by atomic mass is 10.3. The second kappa shape index (κ2) is 7.59. The minimum Gasteiger partial charge on any atom is -0.497 e. The smallest absolute Gasteiger partial charge is 0.229 e. The second-order valence-electron chi connectivity index (χ2n) is 5.33. The van der Waals surface area contributed by atoms with Gasteiger partial charge in [-0.3, -0.25) is 0 Å². The van der Waals surface area contributed by atoms with E-state index in [2.05, 4.69) is 20.6 Å². The normalized spacial score (nSPS) is 10.4. The van der Waals surface area contributed by atoms with Crippen molar-refractivity contribution in [1.29, 1.82) is 0 Å². The Kier molecular flexibility index (Phi) is 5.26. The number of halogens is 2. The average Bonchev–Trinajstić information content (AvgIpc) is 2.58. The topological polar surface area (TPSA) is 59.1 Å². The number of ether oxygens (including phenoxy) is 1. The number of nitrogens with zero attached hydrogens (tertiary/aromatic N) is 2. The van der Waals surface area contributed by atoms with Crippen molar-refractivity contribution < 1.29 is 4.74 Å². The van der Waals surface area contributed by atoms with E-state index in [1.165, 1.54) is 0 Å². The van der Waals surface area contributed by atoms with E-state index >= 15 is 0 Å². The molecule has 3 rings (SSSR count). The van der Waals surface area contributed by atoms with E-state index in [4.69, 9.17) is 27.9 Å². The zero-order valence-electron chi connectivity index (χ0n) is 13.7. The lowest BCUT2D eigenvalue weighted by molar-refractivity contribution is 0.415. The van der Waals surface area contributed by atoms with Crippen LogP contribution in [0, 0.1) is 6.92 Å². The SMILES string of the molecule is COc1cccc(Nc2cc(C)nc(Nc3ccc(Cl)c(Cl)c3)n2)c1. The summed E-state index contributed by atoms with van der Waals surface area (Å²) in [4.78, 5) is 8.88. The third kappa shape index (κ3) is 4.53. The summed E-state index contributed by atoms with van der Waals surface area (Å²) >= 11 is 12.0. The van der Waals surface area contributed by atoms with Gasteiger partial charge >= 0.3 is 0 Å². The van der Waals surface area contributed by atoms with Gasteiger partial charge in [0.25, 0.3) is 0 Å². The molecule has 5 nitrogen and oxygen atoms in total. The van der Waals surface area contributed by atoms with Gasteiger partial charge in [0.2, 0.25) is 5.95 Å². The van der Waals surface area contributed by atoms with E-state index in [9.17, 15) is 0 Å². The number of aromatic nitrogens is 2. The zero-order chi connectivity index (χ0) is 17.8. The fourth-order valence-corrected chi connectivity index (χ4v) is 2.54. The Labute approximate surface area is 156 Å². The molecule has 7 heteroatoms. The van der Waals surface area contributed by atoms with Crippen LogP contribution in [0.2, 0.25) is 10.0 Å². The summed E-state index contributed by atoms with van der Waals surface area (Å²) in [6, 6.07) is 14.7. The average molecular weight is 375 g/mol. The molecule has 1 aromatic heterocycles. The minimum atomic E-state index is 0.462. The monoisotopic (exact) mass is 374 g/mol. The number of nitrogens with one attached hydrogen (secondary N) is 2. The molecule has 2 aromatic carbocycles. The van der Waals surface area contributed by atoms with E-state index in [1.54, 1.807) is 19.2 Å². The van der Waals surface area contributed by atoms with E-state index in [-0.39, 0.29) is 0 Å². The van der Waals surface area contributed by atoms with Gasteiger partial charge in [-0.15, -0.1) is 0 Å². The van der Waals surface area contributed by atoms with Gasteiger partial charge in [0.05, 0.1) is 17.2 Å². The van der Waals surface area contributed by atoms with Crippen LogP contribution in [0.3, 0.4) is 0 Å². The van der Waals surface area contributed by atoms with Gasteiger partial charge in [-0.05, 0) is 37.3 Å². The number of rotatable bonds is 5. The highest BCUT2D eigenvalue weighted by molar-refractivity contribution is 6.42. The van der Waals surface area contributed by atoms with Crippen LogP contribution in [0.4, 0.5) is 23.1 Å². The summed E-state index contributed by atoms with van der Waals surface area (Å²) in [5, 5.41) is 7.34. The van der Waals surface area contributed by atoms with Gasteiger partial charge in [-0.25, -0.2) is 4.98 Å². The highest BCUT2D eigenvalue weighted by Gasteiger charge is 2.06. The summed E-state index contributed by atoms with van der Waals surface area (Å²) in [7, 11) is 1.63. The van der Waals surface area contributed by atoms with E-state index in [1.807, 2.05) is 43.3 Å². The fourth-order valence-electron chi connectivity index (χ4n) is 2.24. The Hall–Kier alpha value is -2.50. The molecule has 0 saturated heterocycles. The van der Waals surface area contributed by atoms with Gasteiger partial charge in [0, 0.05) is 29.2 Å². The van der Waals surface area contributed by atoms with Gasteiger partial charge < -0.3 is 15.4 Å². The van der Waals surface area contributed by atoms with Crippen LogP contribution in [-0.4, -0.2) is 17.1 Å². The zero-order valence-corrected chi connectivity index (χ0v) is 15.2. The molecule has 0 unspecified atom stereocenters. The van der Waals surface area contributed by atoms with Crippen molar-refractivity contribution in [3.8, 4) is 5.75 Å². The first-order valence-corrected chi connectivity index (χ1v) is 8.28. The largest absolute Gasteiger partial charge is 0.497 e. The van der Waals surface area contributed by atoms with Crippen LogP contribution in [0.1, 0.15) is 5.69 Å². The van der Waals surface area contributed by atoms with Crippen molar-refractivity contribution >= 4 is 46.3 Å².